The fourth-order valence-corrected chi connectivity index (χ4v) is 1.48. The minimum Gasteiger partial charge on any atom is -0.394 e. The van der Waals surface area contributed by atoms with Gasteiger partial charge in [0.2, 0.25) is 0 Å². The highest BCUT2D eigenvalue weighted by atomic mass is 16.3. The van der Waals surface area contributed by atoms with Gasteiger partial charge in [-0.25, -0.2) is 0 Å². The van der Waals surface area contributed by atoms with Crippen LogP contribution >= 0.6 is 0 Å². The van der Waals surface area contributed by atoms with Crippen LogP contribution in [0.3, 0.4) is 0 Å². The SMILES string of the molecule is Cc1ccc(N(C)C)c(C(N)CO)c1. The minimum atomic E-state index is -0.299. The van der Waals surface area contributed by atoms with Gasteiger partial charge >= 0.3 is 0 Å². The summed E-state index contributed by atoms with van der Waals surface area (Å²) in [6.45, 7) is 2.00. The van der Waals surface area contributed by atoms with Gasteiger partial charge in [-0.1, -0.05) is 17.7 Å². The Morgan fingerprint density at radius 1 is 1.43 bits per heavy atom. The van der Waals surface area contributed by atoms with E-state index in [0.717, 1.165) is 16.8 Å². The van der Waals surface area contributed by atoms with E-state index in [-0.39, 0.29) is 12.6 Å². The van der Waals surface area contributed by atoms with Gasteiger partial charge in [-0.15, -0.1) is 0 Å². The van der Waals surface area contributed by atoms with Crippen molar-refractivity contribution in [2.45, 2.75) is 13.0 Å². The third-order valence-electron chi connectivity index (χ3n) is 2.26. The molecule has 0 aromatic heterocycles. The molecule has 3 nitrogen and oxygen atoms in total. The average molecular weight is 194 g/mol. The van der Waals surface area contributed by atoms with Crippen LogP contribution in [0, 0.1) is 6.92 Å². The lowest BCUT2D eigenvalue weighted by atomic mass is 10.0. The molecule has 1 rings (SSSR count). The Bertz CT molecular complexity index is 310. The highest BCUT2D eigenvalue weighted by molar-refractivity contribution is 5.55. The molecule has 0 saturated carbocycles. The van der Waals surface area contributed by atoms with Crippen molar-refractivity contribution in [3.63, 3.8) is 0 Å². The number of hydrogen-bond donors (Lipinski definition) is 2. The van der Waals surface area contributed by atoms with E-state index in [2.05, 4.69) is 0 Å². The van der Waals surface area contributed by atoms with Crippen LogP contribution in [0.2, 0.25) is 0 Å². The molecule has 0 aliphatic carbocycles. The third-order valence-corrected chi connectivity index (χ3v) is 2.26. The quantitative estimate of drug-likeness (QED) is 0.756. The van der Waals surface area contributed by atoms with Gasteiger partial charge in [-0.05, 0) is 18.6 Å². The molecule has 78 valence electrons. The molecule has 0 saturated heterocycles. The number of aliphatic hydroxyl groups is 1. The normalized spacial score (nSPS) is 12.6. The molecule has 0 spiro atoms. The summed E-state index contributed by atoms with van der Waals surface area (Å²) >= 11 is 0. The predicted molar refractivity (Wildman–Crippen MR) is 59.5 cm³/mol. The maximum atomic E-state index is 9.04. The van der Waals surface area contributed by atoms with Gasteiger partial charge in [-0.2, -0.15) is 0 Å². The molecule has 14 heavy (non-hydrogen) atoms. The van der Waals surface area contributed by atoms with Crippen molar-refractivity contribution >= 4 is 5.69 Å². The van der Waals surface area contributed by atoms with E-state index in [1.165, 1.54) is 0 Å². The summed E-state index contributed by atoms with van der Waals surface area (Å²) in [5.41, 5.74) is 9.05. The fraction of sp³-hybridized carbons (Fsp3) is 0.455. The number of hydrogen-bond acceptors (Lipinski definition) is 3. The Labute approximate surface area is 85.2 Å². The molecule has 0 aliphatic heterocycles. The van der Waals surface area contributed by atoms with Crippen LogP contribution in [-0.2, 0) is 0 Å². The average Bonchev–Trinajstić information content (AvgIpc) is 2.16. The molecule has 0 aliphatic rings. The van der Waals surface area contributed by atoms with Gasteiger partial charge in [0.1, 0.15) is 0 Å². The van der Waals surface area contributed by atoms with Gasteiger partial charge < -0.3 is 15.7 Å². The van der Waals surface area contributed by atoms with Gasteiger partial charge in [0.25, 0.3) is 0 Å². The maximum Gasteiger partial charge on any atom is 0.0625 e. The van der Waals surface area contributed by atoms with Gasteiger partial charge in [0.05, 0.1) is 12.6 Å². The Balaban J connectivity index is 3.15. The van der Waals surface area contributed by atoms with E-state index in [9.17, 15) is 0 Å². The van der Waals surface area contributed by atoms with Crippen LogP contribution in [0.4, 0.5) is 5.69 Å². The van der Waals surface area contributed by atoms with Crippen molar-refractivity contribution in [3.05, 3.63) is 29.3 Å². The first-order valence-electron chi connectivity index (χ1n) is 4.70. The molecule has 0 radical (unpaired) electrons. The fourth-order valence-electron chi connectivity index (χ4n) is 1.48. The highest BCUT2D eigenvalue weighted by Gasteiger charge is 2.11. The van der Waals surface area contributed by atoms with Gasteiger partial charge in [0, 0.05) is 19.8 Å². The van der Waals surface area contributed by atoms with Crippen LogP contribution in [0.5, 0.6) is 0 Å². The topological polar surface area (TPSA) is 49.5 Å². The van der Waals surface area contributed by atoms with Gasteiger partial charge in [0.15, 0.2) is 0 Å². The molecule has 3 heteroatoms. The molecular weight excluding hydrogens is 176 g/mol. The molecule has 1 aromatic rings. The van der Waals surface area contributed by atoms with Crippen molar-refractivity contribution in [2.24, 2.45) is 5.73 Å². The number of nitrogens with zero attached hydrogens (tertiary/aromatic N) is 1. The Kier molecular flexibility index (Phi) is 3.49. The zero-order valence-corrected chi connectivity index (χ0v) is 8.99. The lowest BCUT2D eigenvalue weighted by molar-refractivity contribution is 0.268. The Morgan fingerprint density at radius 3 is 2.57 bits per heavy atom. The van der Waals surface area contributed by atoms with E-state index in [1.807, 2.05) is 44.1 Å². The first kappa shape index (κ1) is 11.0. The smallest absolute Gasteiger partial charge is 0.0625 e. The monoisotopic (exact) mass is 194 g/mol. The number of aliphatic hydroxyl groups excluding tert-OH is 1. The molecule has 0 fully saturated rings. The second-order valence-corrected chi connectivity index (χ2v) is 3.75. The van der Waals surface area contributed by atoms with Gasteiger partial charge in [-0.3, -0.25) is 0 Å². The second-order valence-electron chi connectivity index (χ2n) is 3.75. The zero-order valence-electron chi connectivity index (χ0n) is 8.99. The van der Waals surface area contributed by atoms with Crippen LogP contribution in [0.25, 0.3) is 0 Å². The lowest BCUT2D eigenvalue weighted by Crippen LogP contribution is -2.20. The summed E-state index contributed by atoms with van der Waals surface area (Å²) < 4.78 is 0. The summed E-state index contributed by atoms with van der Waals surface area (Å²) in [6.07, 6.45) is 0. The summed E-state index contributed by atoms with van der Waals surface area (Å²) in [5.74, 6) is 0. The predicted octanol–water partition coefficient (Wildman–Crippen LogP) is 1.05. The van der Waals surface area contributed by atoms with Crippen molar-refractivity contribution in [2.75, 3.05) is 25.6 Å². The summed E-state index contributed by atoms with van der Waals surface area (Å²) in [7, 11) is 3.94. The number of anilines is 1. The third kappa shape index (κ3) is 2.25. The zero-order chi connectivity index (χ0) is 10.7. The molecule has 0 amide bonds. The number of rotatable bonds is 3. The molecule has 1 aromatic carbocycles. The van der Waals surface area contributed by atoms with E-state index in [1.54, 1.807) is 0 Å². The van der Waals surface area contributed by atoms with Crippen LogP contribution < -0.4 is 10.6 Å². The molecular formula is C11H18N2O. The Morgan fingerprint density at radius 2 is 2.07 bits per heavy atom. The number of nitrogens with two attached hydrogens (primary N) is 1. The minimum absolute atomic E-state index is 0.0235. The van der Waals surface area contributed by atoms with Crippen molar-refractivity contribution in [1.29, 1.82) is 0 Å². The first-order chi connectivity index (χ1) is 6.56. The first-order valence-corrected chi connectivity index (χ1v) is 4.70. The molecule has 0 heterocycles. The van der Waals surface area contributed by atoms with Crippen LogP contribution in [0.1, 0.15) is 17.2 Å². The van der Waals surface area contributed by atoms with Crippen molar-refractivity contribution < 1.29 is 5.11 Å². The Hall–Kier alpha value is -1.06. The maximum absolute atomic E-state index is 9.04. The van der Waals surface area contributed by atoms with Crippen molar-refractivity contribution in [3.8, 4) is 0 Å². The van der Waals surface area contributed by atoms with E-state index in [4.69, 9.17) is 10.8 Å². The summed E-state index contributed by atoms with van der Waals surface area (Å²) in [4.78, 5) is 2.00. The second kappa shape index (κ2) is 4.44. The molecule has 1 unspecified atom stereocenters. The summed E-state index contributed by atoms with van der Waals surface area (Å²) in [5, 5.41) is 9.04. The lowest BCUT2D eigenvalue weighted by Gasteiger charge is -2.21. The number of aryl methyl sites for hydroxylation is 1. The standard InChI is InChI=1S/C11H18N2O/c1-8-4-5-11(13(2)3)9(6-8)10(12)7-14/h4-6,10,14H,7,12H2,1-3H3. The van der Waals surface area contributed by atoms with E-state index >= 15 is 0 Å². The van der Waals surface area contributed by atoms with Crippen LogP contribution in [0.15, 0.2) is 18.2 Å². The molecule has 0 bridgehead atoms. The molecule has 3 N–H and O–H groups in total. The number of benzene rings is 1. The molecule has 1 atom stereocenters. The van der Waals surface area contributed by atoms with E-state index in [0.29, 0.717) is 0 Å². The van der Waals surface area contributed by atoms with Crippen LogP contribution in [-0.4, -0.2) is 25.8 Å². The van der Waals surface area contributed by atoms with E-state index < -0.39 is 0 Å². The van der Waals surface area contributed by atoms with Crippen molar-refractivity contribution in [1.82, 2.24) is 0 Å². The summed E-state index contributed by atoms with van der Waals surface area (Å²) in [6, 6.07) is 5.80. The largest absolute Gasteiger partial charge is 0.394 e. The highest BCUT2D eigenvalue weighted by Crippen LogP contribution is 2.24.